The zero-order chi connectivity index (χ0) is 19.4. The number of hydrogen-bond donors (Lipinski definition) is 2. The zero-order valence-electron chi connectivity index (χ0n) is 15.1. The van der Waals surface area contributed by atoms with Crippen LogP contribution >= 0.6 is 0 Å². The van der Waals surface area contributed by atoms with Gasteiger partial charge >= 0.3 is 6.03 Å². The van der Waals surface area contributed by atoms with E-state index < -0.39 is 6.04 Å². The molecular weight excluding hydrogens is 348 g/mol. The van der Waals surface area contributed by atoms with E-state index in [1.54, 1.807) is 36.3 Å². The molecule has 2 fully saturated rings. The Bertz CT molecular complexity index is 788. The molecule has 2 aliphatic heterocycles. The third-order valence-corrected chi connectivity index (χ3v) is 4.81. The van der Waals surface area contributed by atoms with Crippen LogP contribution in [0, 0.1) is 18.3 Å². The predicted molar refractivity (Wildman–Crippen MR) is 99.2 cm³/mol. The standard InChI is InChI=1S/C19H22N4O4/c1-3-8-20-17(24)13-7-9-22(11-13)18(25)16-12-23(19(26)21-16)14-5-4-6-15(10-14)27-2/h1,4-6,10,13,16H,7-9,11-12H2,2H3,(H,20,24)(H,21,26). The van der Waals surface area contributed by atoms with Gasteiger partial charge in [0, 0.05) is 24.8 Å². The van der Waals surface area contributed by atoms with Gasteiger partial charge in [-0.25, -0.2) is 4.79 Å². The Morgan fingerprint density at radius 3 is 2.96 bits per heavy atom. The minimum Gasteiger partial charge on any atom is -0.497 e. The SMILES string of the molecule is C#CCNC(=O)C1CCN(C(=O)C2CN(c3cccc(OC)c3)C(=O)N2)C1. The number of rotatable bonds is 5. The number of nitrogens with zero attached hydrogens (tertiary/aromatic N) is 2. The molecule has 0 aromatic heterocycles. The summed E-state index contributed by atoms with van der Waals surface area (Å²) < 4.78 is 5.18. The Balaban J connectivity index is 1.61. The summed E-state index contributed by atoms with van der Waals surface area (Å²) >= 11 is 0. The number of nitrogens with one attached hydrogen (secondary N) is 2. The van der Waals surface area contributed by atoms with Gasteiger partial charge in [-0.2, -0.15) is 0 Å². The van der Waals surface area contributed by atoms with Gasteiger partial charge in [0.2, 0.25) is 11.8 Å². The fraction of sp³-hybridized carbons (Fsp3) is 0.421. The van der Waals surface area contributed by atoms with Gasteiger partial charge in [-0.3, -0.25) is 14.5 Å². The fourth-order valence-electron chi connectivity index (χ4n) is 3.36. The van der Waals surface area contributed by atoms with E-state index in [-0.39, 0.29) is 36.9 Å². The van der Waals surface area contributed by atoms with Crippen molar-refractivity contribution in [3.05, 3.63) is 24.3 Å². The van der Waals surface area contributed by atoms with Crippen molar-refractivity contribution < 1.29 is 19.1 Å². The number of terminal acetylenes is 1. The Kier molecular flexibility index (Phi) is 5.50. The summed E-state index contributed by atoms with van der Waals surface area (Å²) in [6, 6.07) is 6.14. The number of amides is 4. The number of likely N-dealkylation sites (tertiary alicyclic amines) is 1. The molecule has 0 saturated carbocycles. The van der Waals surface area contributed by atoms with E-state index in [0.717, 1.165) is 0 Å². The largest absolute Gasteiger partial charge is 0.497 e. The summed E-state index contributed by atoms with van der Waals surface area (Å²) in [6.07, 6.45) is 5.73. The molecule has 27 heavy (non-hydrogen) atoms. The molecule has 8 heteroatoms. The molecule has 2 aliphatic rings. The van der Waals surface area contributed by atoms with Crippen LogP contribution in [0.1, 0.15) is 6.42 Å². The van der Waals surface area contributed by atoms with Crippen molar-refractivity contribution in [2.24, 2.45) is 5.92 Å². The van der Waals surface area contributed by atoms with Gasteiger partial charge in [0.05, 0.1) is 26.1 Å². The van der Waals surface area contributed by atoms with Crippen molar-refractivity contribution in [1.82, 2.24) is 15.5 Å². The normalized spacial score (nSPS) is 21.6. The highest BCUT2D eigenvalue weighted by Gasteiger charge is 2.39. The summed E-state index contributed by atoms with van der Waals surface area (Å²) in [5.41, 5.74) is 0.662. The van der Waals surface area contributed by atoms with Gasteiger partial charge in [0.25, 0.3) is 0 Å². The Hall–Kier alpha value is -3.21. The lowest BCUT2D eigenvalue weighted by molar-refractivity contribution is -0.132. The van der Waals surface area contributed by atoms with Crippen LogP contribution in [-0.4, -0.2) is 62.1 Å². The zero-order valence-corrected chi connectivity index (χ0v) is 15.1. The lowest BCUT2D eigenvalue weighted by Crippen LogP contribution is -2.45. The lowest BCUT2D eigenvalue weighted by Gasteiger charge is -2.20. The van der Waals surface area contributed by atoms with Gasteiger partial charge in [-0.05, 0) is 18.6 Å². The minimum atomic E-state index is -0.642. The molecule has 2 saturated heterocycles. The highest BCUT2D eigenvalue weighted by atomic mass is 16.5. The molecule has 4 amide bonds. The third kappa shape index (κ3) is 3.97. The number of hydrogen-bond acceptors (Lipinski definition) is 4. The molecule has 1 aromatic carbocycles. The van der Waals surface area contributed by atoms with Gasteiger partial charge in [-0.1, -0.05) is 12.0 Å². The van der Waals surface area contributed by atoms with E-state index in [2.05, 4.69) is 16.6 Å². The van der Waals surface area contributed by atoms with E-state index in [9.17, 15) is 14.4 Å². The second-order valence-corrected chi connectivity index (χ2v) is 6.51. The molecule has 0 aliphatic carbocycles. The van der Waals surface area contributed by atoms with Crippen LogP contribution in [0.25, 0.3) is 0 Å². The second-order valence-electron chi connectivity index (χ2n) is 6.51. The van der Waals surface area contributed by atoms with Crippen LogP contribution < -0.4 is 20.3 Å². The second kappa shape index (κ2) is 7.99. The number of carbonyl (C=O) groups is 3. The van der Waals surface area contributed by atoms with E-state index in [1.165, 1.54) is 4.90 Å². The summed E-state index contributed by atoms with van der Waals surface area (Å²) in [4.78, 5) is 40.2. The van der Waals surface area contributed by atoms with Crippen LogP contribution in [-0.2, 0) is 9.59 Å². The molecule has 2 unspecified atom stereocenters. The molecule has 2 atom stereocenters. The molecular formula is C19H22N4O4. The third-order valence-electron chi connectivity index (χ3n) is 4.81. The first-order valence-electron chi connectivity index (χ1n) is 8.75. The smallest absolute Gasteiger partial charge is 0.322 e. The molecule has 0 bridgehead atoms. The van der Waals surface area contributed by atoms with E-state index in [1.807, 2.05) is 0 Å². The molecule has 0 radical (unpaired) electrons. The number of methoxy groups -OCH3 is 1. The van der Waals surface area contributed by atoms with Crippen LogP contribution in [0.4, 0.5) is 10.5 Å². The number of anilines is 1. The monoisotopic (exact) mass is 370 g/mol. The van der Waals surface area contributed by atoms with E-state index in [4.69, 9.17) is 11.2 Å². The van der Waals surface area contributed by atoms with Crippen molar-refractivity contribution in [3.63, 3.8) is 0 Å². The quantitative estimate of drug-likeness (QED) is 0.724. The number of urea groups is 1. The molecule has 142 valence electrons. The highest BCUT2D eigenvalue weighted by molar-refractivity contribution is 6.00. The van der Waals surface area contributed by atoms with E-state index >= 15 is 0 Å². The van der Waals surface area contributed by atoms with Gasteiger partial charge < -0.3 is 20.3 Å². The number of ether oxygens (including phenoxy) is 1. The number of benzene rings is 1. The predicted octanol–water partition coefficient (Wildman–Crippen LogP) is 0.191. The first-order valence-corrected chi connectivity index (χ1v) is 8.75. The van der Waals surface area contributed by atoms with Crippen molar-refractivity contribution in [2.45, 2.75) is 12.5 Å². The Morgan fingerprint density at radius 2 is 2.22 bits per heavy atom. The first-order chi connectivity index (χ1) is 13.0. The Labute approximate surface area is 157 Å². The molecule has 2 N–H and O–H groups in total. The lowest BCUT2D eigenvalue weighted by atomic mass is 10.1. The molecule has 8 nitrogen and oxygen atoms in total. The maximum atomic E-state index is 12.8. The average molecular weight is 370 g/mol. The first kappa shape index (κ1) is 18.6. The van der Waals surface area contributed by atoms with Gasteiger partial charge in [0.15, 0.2) is 0 Å². The Morgan fingerprint density at radius 1 is 1.41 bits per heavy atom. The van der Waals surface area contributed by atoms with Gasteiger partial charge in [-0.15, -0.1) is 6.42 Å². The van der Waals surface area contributed by atoms with Crippen molar-refractivity contribution in [1.29, 1.82) is 0 Å². The molecule has 2 heterocycles. The van der Waals surface area contributed by atoms with Crippen molar-refractivity contribution in [2.75, 3.05) is 38.2 Å². The van der Waals surface area contributed by atoms with Crippen LogP contribution in [0.2, 0.25) is 0 Å². The molecule has 1 aromatic rings. The minimum absolute atomic E-state index is 0.142. The van der Waals surface area contributed by atoms with Crippen molar-refractivity contribution in [3.8, 4) is 18.1 Å². The summed E-state index contributed by atoms with van der Waals surface area (Å²) in [5.74, 6) is 2.40. The number of carbonyl (C=O) groups excluding carboxylic acids is 3. The fourth-order valence-corrected chi connectivity index (χ4v) is 3.36. The molecule has 3 rings (SSSR count). The van der Waals surface area contributed by atoms with Crippen LogP contribution in [0.3, 0.4) is 0 Å². The molecule has 0 spiro atoms. The topological polar surface area (TPSA) is 91.0 Å². The van der Waals surface area contributed by atoms with Crippen LogP contribution in [0.5, 0.6) is 5.75 Å². The van der Waals surface area contributed by atoms with Crippen molar-refractivity contribution >= 4 is 23.5 Å². The van der Waals surface area contributed by atoms with Gasteiger partial charge in [0.1, 0.15) is 11.8 Å². The average Bonchev–Trinajstić information content (AvgIpc) is 3.32. The van der Waals surface area contributed by atoms with Crippen LogP contribution in [0.15, 0.2) is 24.3 Å². The summed E-state index contributed by atoms with van der Waals surface area (Å²) in [6.45, 7) is 1.23. The summed E-state index contributed by atoms with van der Waals surface area (Å²) in [5, 5.41) is 5.37. The highest BCUT2D eigenvalue weighted by Crippen LogP contribution is 2.25. The summed E-state index contributed by atoms with van der Waals surface area (Å²) in [7, 11) is 1.55. The maximum absolute atomic E-state index is 12.8. The van der Waals surface area contributed by atoms with E-state index in [0.29, 0.717) is 30.9 Å². The maximum Gasteiger partial charge on any atom is 0.322 e.